The van der Waals surface area contributed by atoms with E-state index in [0.717, 1.165) is 4.90 Å². The molecule has 1 aliphatic rings. The predicted molar refractivity (Wildman–Crippen MR) is 46.2 cm³/mol. The average molecular weight is 200 g/mol. The summed E-state index contributed by atoms with van der Waals surface area (Å²) < 4.78 is 4.58. The molecule has 1 rings (SSSR count). The maximum atomic E-state index is 11.3. The van der Waals surface area contributed by atoms with Gasteiger partial charge in [-0.2, -0.15) is 0 Å². The summed E-state index contributed by atoms with van der Waals surface area (Å²) in [7, 11) is 2.78. The molecule has 78 valence electrons. The first-order valence-electron chi connectivity index (χ1n) is 4.15. The van der Waals surface area contributed by atoms with Gasteiger partial charge in [0.25, 0.3) is 5.91 Å². The van der Waals surface area contributed by atoms with E-state index in [1.807, 2.05) is 0 Å². The van der Waals surface area contributed by atoms with Gasteiger partial charge >= 0.3 is 0 Å². The number of hydrogen-bond donors (Lipinski definition) is 1. The van der Waals surface area contributed by atoms with Gasteiger partial charge in [-0.25, -0.2) is 0 Å². The molecular weight excluding hydrogens is 188 g/mol. The minimum Gasteiger partial charge on any atom is -0.375 e. The zero-order chi connectivity index (χ0) is 10.7. The third-order valence-electron chi connectivity index (χ3n) is 1.99. The number of methoxy groups -OCH3 is 1. The van der Waals surface area contributed by atoms with Crippen LogP contribution in [0, 0.1) is 0 Å². The van der Waals surface area contributed by atoms with Crippen LogP contribution in [0.3, 0.4) is 0 Å². The SMILES string of the molecule is COCC(=O)NC1CC(=O)N(C)C1=O. The van der Waals surface area contributed by atoms with Crippen molar-refractivity contribution in [1.82, 2.24) is 10.2 Å². The summed E-state index contributed by atoms with van der Waals surface area (Å²) in [5, 5.41) is 2.41. The molecule has 1 aliphatic heterocycles. The maximum Gasteiger partial charge on any atom is 0.252 e. The van der Waals surface area contributed by atoms with E-state index in [4.69, 9.17) is 0 Å². The lowest BCUT2D eigenvalue weighted by Crippen LogP contribution is -2.42. The fourth-order valence-corrected chi connectivity index (χ4v) is 1.24. The van der Waals surface area contributed by atoms with Crippen molar-refractivity contribution in [1.29, 1.82) is 0 Å². The number of carbonyl (C=O) groups is 3. The van der Waals surface area contributed by atoms with Crippen molar-refractivity contribution < 1.29 is 19.1 Å². The highest BCUT2D eigenvalue weighted by Crippen LogP contribution is 2.09. The summed E-state index contributed by atoms with van der Waals surface area (Å²) in [6, 6.07) is -0.727. The van der Waals surface area contributed by atoms with Crippen LogP contribution in [0.25, 0.3) is 0 Å². The standard InChI is InChI=1S/C8H12N2O4/c1-10-7(12)3-5(8(10)13)9-6(11)4-14-2/h5H,3-4H2,1-2H3,(H,9,11). The molecule has 0 radical (unpaired) electrons. The second-order valence-electron chi connectivity index (χ2n) is 3.05. The summed E-state index contributed by atoms with van der Waals surface area (Å²) in [5.74, 6) is -1.05. The highest BCUT2D eigenvalue weighted by atomic mass is 16.5. The lowest BCUT2D eigenvalue weighted by Gasteiger charge is -2.10. The summed E-state index contributed by atoms with van der Waals surface area (Å²) in [6.45, 7) is -0.109. The van der Waals surface area contributed by atoms with E-state index in [2.05, 4.69) is 10.1 Å². The average Bonchev–Trinajstić information content (AvgIpc) is 2.34. The molecule has 0 aliphatic carbocycles. The maximum absolute atomic E-state index is 11.3. The van der Waals surface area contributed by atoms with Crippen molar-refractivity contribution in [2.45, 2.75) is 12.5 Å². The Bertz CT molecular complexity index is 277. The number of likely N-dealkylation sites (tertiary alicyclic amines) is 1. The zero-order valence-electron chi connectivity index (χ0n) is 8.07. The molecular formula is C8H12N2O4. The van der Waals surface area contributed by atoms with Gasteiger partial charge in [-0.1, -0.05) is 0 Å². The largest absolute Gasteiger partial charge is 0.375 e. The van der Waals surface area contributed by atoms with Gasteiger partial charge in [-0.3, -0.25) is 19.3 Å². The smallest absolute Gasteiger partial charge is 0.252 e. The summed E-state index contributed by atoms with van der Waals surface area (Å²) in [4.78, 5) is 34.4. The molecule has 1 saturated heterocycles. The number of nitrogens with zero attached hydrogens (tertiary/aromatic N) is 1. The monoisotopic (exact) mass is 200 g/mol. The minimum absolute atomic E-state index is 0.0325. The Morgan fingerprint density at radius 3 is 2.71 bits per heavy atom. The molecule has 6 nitrogen and oxygen atoms in total. The van der Waals surface area contributed by atoms with E-state index in [1.54, 1.807) is 0 Å². The van der Waals surface area contributed by atoms with Crippen LogP contribution in [0.15, 0.2) is 0 Å². The Morgan fingerprint density at radius 1 is 1.64 bits per heavy atom. The van der Waals surface area contributed by atoms with Gasteiger partial charge < -0.3 is 10.1 Å². The molecule has 0 aromatic rings. The van der Waals surface area contributed by atoms with Crippen LogP contribution in [0.2, 0.25) is 0 Å². The molecule has 6 heteroatoms. The molecule has 1 heterocycles. The van der Waals surface area contributed by atoms with Crippen molar-refractivity contribution in [3.05, 3.63) is 0 Å². The fraction of sp³-hybridized carbons (Fsp3) is 0.625. The van der Waals surface area contributed by atoms with Gasteiger partial charge in [-0.05, 0) is 0 Å². The van der Waals surface area contributed by atoms with E-state index in [1.165, 1.54) is 14.2 Å². The van der Waals surface area contributed by atoms with Gasteiger partial charge in [0.05, 0.1) is 6.42 Å². The number of likely N-dealkylation sites (N-methyl/N-ethyl adjacent to an activating group) is 1. The molecule has 1 N–H and O–H groups in total. The highest BCUT2D eigenvalue weighted by Gasteiger charge is 2.36. The number of rotatable bonds is 3. The first-order valence-corrected chi connectivity index (χ1v) is 4.15. The van der Waals surface area contributed by atoms with Crippen LogP contribution < -0.4 is 5.32 Å². The lowest BCUT2D eigenvalue weighted by molar-refractivity contribution is -0.138. The predicted octanol–water partition coefficient (Wildman–Crippen LogP) is -1.49. The van der Waals surface area contributed by atoms with Crippen LogP contribution in [0.1, 0.15) is 6.42 Å². The normalized spacial score (nSPS) is 21.6. The molecule has 0 saturated carbocycles. The van der Waals surface area contributed by atoms with Crippen molar-refractivity contribution in [3.63, 3.8) is 0 Å². The highest BCUT2D eigenvalue weighted by molar-refractivity contribution is 6.06. The Labute approximate surface area is 81.2 Å². The van der Waals surface area contributed by atoms with Gasteiger partial charge in [0.15, 0.2) is 0 Å². The Morgan fingerprint density at radius 2 is 2.29 bits per heavy atom. The number of imide groups is 1. The first-order chi connectivity index (χ1) is 6.56. The van der Waals surface area contributed by atoms with E-state index < -0.39 is 11.9 Å². The number of hydrogen-bond acceptors (Lipinski definition) is 4. The fourth-order valence-electron chi connectivity index (χ4n) is 1.24. The molecule has 1 fully saturated rings. The van der Waals surface area contributed by atoms with E-state index in [9.17, 15) is 14.4 Å². The quantitative estimate of drug-likeness (QED) is 0.563. The lowest BCUT2D eigenvalue weighted by atomic mass is 10.2. The second kappa shape index (κ2) is 4.19. The van der Waals surface area contributed by atoms with Crippen LogP contribution in [0.5, 0.6) is 0 Å². The van der Waals surface area contributed by atoms with E-state index in [0.29, 0.717) is 0 Å². The van der Waals surface area contributed by atoms with Crippen molar-refractivity contribution in [2.24, 2.45) is 0 Å². The molecule has 0 aromatic heterocycles. The van der Waals surface area contributed by atoms with Crippen LogP contribution >= 0.6 is 0 Å². The van der Waals surface area contributed by atoms with Crippen molar-refractivity contribution in [3.8, 4) is 0 Å². The third-order valence-corrected chi connectivity index (χ3v) is 1.99. The zero-order valence-corrected chi connectivity index (χ0v) is 8.07. The van der Waals surface area contributed by atoms with Gasteiger partial charge in [0.2, 0.25) is 11.8 Å². The molecule has 14 heavy (non-hydrogen) atoms. The molecule has 1 atom stereocenters. The molecule has 1 unspecified atom stereocenters. The summed E-state index contributed by atoms with van der Waals surface area (Å²) in [6.07, 6.45) is 0.0325. The summed E-state index contributed by atoms with van der Waals surface area (Å²) >= 11 is 0. The van der Waals surface area contributed by atoms with Crippen molar-refractivity contribution >= 4 is 17.7 Å². The molecule has 0 bridgehead atoms. The number of ether oxygens (including phenoxy) is 1. The number of nitrogens with one attached hydrogen (secondary N) is 1. The van der Waals surface area contributed by atoms with E-state index in [-0.39, 0.29) is 24.8 Å². The second-order valence-corrected chi connectivity index (χ2v) is 3.05. The van der Waals surface area contributed by atoms with Crippen LogP contribution in [-0.2, 0) is 19.1 Å². The van der Waals surface area contributed by atoms with Gasteiger partial charge in [-0.15, -0.1) is 0 Å². The number of amides is 3. The van der Waals surface area contributed by atoms with Gasteiger partial charge in [0.1, 0.15) is 12.6 Å². The van der Waals surface area contributed by atoms with Crippen molar-refractivity contribution in [2.75, 3.05) is 20.8 Å². The minimum atomic E-state index is -0.727. The first kappa shape index (κ1) is 10.6. The molecule has 0 spiro atoms. The topological polar surface area (TPSA) is 75.7 Å². The number of carbonyl (C=O) groups excluding carboxylic acids is 3. The summed E-state index contributed by atoms with van der Waals surface area (Å²) in [5.41, 5.74) is 0. The van der Waals surface area contributed by atoms with E-state index >= 15 is 0 Å². The Hall–Kier alpha value is -1.43. The molecule has 0 aromatic carbocycles. The Balaban J connectivity index is 2.51. The van der Waals surface area contributed by atoms with Gasteiger partial charge in [0, 0.05) is 14.2 Å². The van der Waals surface area contributed by atoms with Crippen LogP contribution in [0.4, 0.5) is 0 Å². The molecule has 3 amide bonds. The van der Waals surface area contributed by atoms with Crippen LogP contribution in [-0.4, -0.2) is 49.4 Å². The Kier molecular flexibility index (Phi) is 3.19. The third kappa shape index (κ3) is 2.08.